The molecule has 11 aromatic rings. The minimum absolute atomic E-state index is 0.0815. The standard InChI is InChI=1S/C67H53N5O/c1-3-15-47(16-4-1)56-25-13-26-57(48-17-5-2-6-18-48)65(56)71-43-70(66-62(71)29-14-33-69-66)52-21-12-22-53(41-52)73-54-30-31-59-58-24-9-10-28-61(58)72(63(59)42-54)64-40-49(32-34-68-64)67(50-36-44-35-45(38-50)39-51(67)37-44)60-27-11-20-46-19-7-8-23-55(46)60/h1-34,40-42,44-45,50-51H,35-39,43H2. The Morgan fingerprint density at radius 2 is 1.12 bits per heavy atom. The maximum atomic E-state index is 6.93. The lowest BCUT2D eigenvalue weighted by Crippen LogP contribution is -2.56. The van der Waals surface area contributed by atoms with Gasteiger partial charge in [0.1, 0.15) is 24.0 Å². The zero-order valence-electron chi connectivity index (χ0n) is 40.6. The van der Waals surface area contributed by atoms with Gasteiger partial charge in [-0.15, -0.1) is 0 Å². The van der Waals surface area contributed by atoms with E-state index in [0.29, 0.717) is 18.5 Å². The predicted octanol–water partition coefficient (Wildman–Crippen LogP) is 16.8. The van der Waals surface area contributed by atoms with Crippen molar-refractivity contribution in [3.63, 3.8) is 0 Å². The summed E-state index contributed by atoms with van der Waals surface area (Å²) in [7, 11) is 0. The maximum absolute atomic E-state index is 6.93. The third-order valence-corrected chi connectivity index (χ3v) is 17.2. The zero-order chi connectivity index (χ0) is 48.0. The Labute approximate surface area is 425 Å². The molecule has 6 nitrogen and oxygen atoms in total. The van der Waals surface area contributed by atoms with Gasteiger partial charge in [0, 0.05) is 57.5 Å². The first-order valence-corrected chi connectivity index (χ1v) is 26.2. The van der Waals surface area contributed by atoms with Gasteiger partial charge in [0.2, 0.25) is 0 Å². The van der Waals surface area contributed by atoms with Crippen molar-refractivity contribution in [2.45, 2.75) is 37.5 Å². The summed E-state index contributed by atoms with van der Waals surface area (Å²) < 4.78 is 9.31. The van der Waals surface area contributed by atoms with Crippen LogP contribution in [-0.4, -0.2) is 21.2 Å². The fourth-order valence-electron chi connectivity index (χ4n) is 14.5. The number of benzene rings is 8. The molecule has 8 aromatic carbocycles. The molecule has 0 radical (unpaired) electrons. The van der Waals surface area contributed by atoms with Gasteiger partial charge in [0.25, 0.3) is 0 Å². The fourth-order valence-corrected chi connectivity index (χ4v) is 14.5. The number of pyridine rings is 2. The first-order chi connectivity index (χ1) is 36.2. The zero-order valence-corrected chi connectivity index (χ0v) is 40.6. The number of anilines is 4. The molecule has 4 fully saturated rings. The summed E-state index contributed by atoms with van der Waals surface area (Å²) in [6.45, 7) is 0.571. The van der Waals surface area contributed by atoms with E-state index in [9.17, 15) is 0 Å². The first kappa shape index (κ1) is 42.2. The van der Waals surface area contributed by atoms with Gasteiger partial charge in [0.05, 0.1) is 22.4 Å². The average molecular weight is 944 g/mol. The first-order valence-electron chi connectivity index (χ1n) is 26.2. The number of para-hydroxylation sites is 2. The molecule has 16 rings (SSSR count). The molecule has 0 saturated heterocycles. The van der Waals surface area contributed by atoms with Crippen LogP contribution in [0, 0.1) is 23.7 Å². The van der Waals surface area contributed by atoms with Crippen LogP contribution < -0.4 is 14.5 Å². The summed E-state index contributed by atoms with van der Waals surface area (Å²) in [6, 6.07) is 77.0. The minimum atomic E-state index is -0.0815. The molecule has 4 aliphatic carbocycles. The molecule has 73 heavy (non-hydrogen) atoms. The molecule has 3 aromatic heterocycles. The van der Waals surface area contributed by atoms with Gasteiger partial charge < -0.3 is 14.5 Å². The van der Waals surface area contributed by atoms with Gasteiger partial charge in [0.15, 0.2) is 5.82 Å². The molecular weight excluding hydrogens is 891 g/mol. The van der Waals surface area contributed by atoms with Gasteiger partial charge in [-0.3, -0.25) is 4.57 Å². The van der Waals surface area contributed by atoms with E-state index < -0.39 is 0 Å². The van der Waals surface area contributed by atoms with E-state index in [1.165, 1.54) is 87.0 Å². The number of hydrogen-bond acceptors (Lipinski definition) is 5. The SMILES string of the molecule is c1ccc(-c2cccc(-c3ccccc3)c2N2CN(c3cccc(Oc4ccc5c6ccccc6n(-c6cc(C7(c8cccc9ccccc89)C8CC9CC(C8)CC7C9)ccn6)c5c4)c3)c3ncccc32)cc1. The van der Waals surface area contributed by atoms with E-state index in [2.05, 4.69) is 227 Å². The van der Waals surface area contributed by atoms with E-state index in [4.69, 9.17) is 14.7 Å². The Balaban J connectivity index is 0.810. The Morgan fingerprint density at radius 3 is 1.90 bits per heavy atom. The summed E-state index contributed by atoms with van der Waals surface area (Å²) in [5.74, 6) is 6.26. The van der Waals surface area contributed by atoms with Gasteiger partial charge in [-0.25, -0.2) is 9.97 Å². The van der Waals surface area contributed by atoms with Crippen LogP contribution in [0.1, 0.15) is 43.2 Å². The maximum Gasteiger partial charge on any atom is 0.158 e. The van der Waals surface area contributed by atoms with E-state index in [-0.39, 0.29) is 5.41 Å². The molecule has 0 amide bonds. The lowest BCUT2D eigenvalue weighted by Gasteiger charge is -2.62. The molecule has 352 valence electrons. The molecule has 4 saturated carbocycles. The number of hydrogen-bond donors (Lipinski definition) is 0. The van der Waals surface area contributed by atoms with Gasteiger partial charge >= 0.3 is 0 Å². The highest BCUT2D eigenvalue weighted by molar-refractivity contribution is 6.09. The second-order valence-electron chi connectivity index (χ2n) is 21.0. The molecule has 0 N–H and O–H groups in total. The Bertz CT molecular complexity index is 3830. The van der Waals surface area contributed by atoms with Crippen LogP contribution in [0.3, 0.4) is 0 Å². The molecule has 5 aliphatic rings. The van der Waals surface area contributed by atoms with Crippen molar-refractivity contribution in [3.05, 3.63) is 236 Å². The highest BCUT2D eigenvalue weighted by Crippen LogP contribution is 2.66. The third kappa shape index (κ3) is 6.69. The van der Waals surface area contributed by atoms with Crippen LogP contribution in [0.2, 0.25) is 0 Å². The highest BCUT2D eigenvalue weighted by atomic mass is 16.5. The van der Waals surface area contributed by atoms with Crippen molar-refractivity contribution < 1.29 is 4.74 Å². The molecular formula is C67H53N5O. The van der Waals surface area contributed by atoms with E-state index in [0.717, 1.165) is 63.1 Å². The number of aromatic nitrogens is 3. The summed E-state index contributed by atoms with van der Waals surface area (Å²) >= 11 is 0. The van der Waals surface area contributed by atoms with Crippen molar-refractivity contribution in [2.75, 3.05) is 16.5 Å². The summed E-state index contributed by atoms with van der Waals surface area (Å²) in [5, 5.41) is 5.10. The largest absolute Gasteiger partial charge is 0.457 e. The molecule has 4 bridgehead atoms. The lowest BCUT2D eigenvalue weighted by atomic mass is 9.42. The third-order valence-electron chi connectivity index (χ3n) is 17.2. The fraction of sp³-hybridized carbons (Fsp3) is 0.164. The van der Waals surface area contributed by atoms with E-state index >= 15 is 0 Å². The molecule has 0 spiro atoms. The summed E-state index contributed by atoms with van der Waals surface area (Å²) in [4.78, 5) is 15.0. The van der Waals surface area contributed by atoms with E-state index in [1.807, 2.05) is 12.3 Å². The predicted molar refractivity (Wildman–Crippen MR) is 298 cm³/mol. The Hall–Kier alpha value is -8.48. The van der Waals surface area contributed by atoms with Crippen LogP contribution in [0.4, 0.5) is 22.9 Å². The monoisotopic (exact) mass is 943 g/mol. The Kier molecular flexibility index (Phi) is 9.72. The molecule has 6 heteroatoms. The van der Waals surface area contributed by atoms with Crippen molar-refractivity contribution >= 4 is 55.5 Å². The number of rotatable bonds is 9. The average Bonchev–Trinajstić information content (AvgIpc) is 3.99. The number of fused-ring (bicyclic) bond motifs is 5. The van der Waals surface area contributed by atoms with Crippen LogP contribution in [0.5, 0.6) is 11.5 Å². The molecule has 1 aliphatic heterocycles. The number of ether oxygens (including phenoxy) is 1. The topological polar surface area (TPSA) is 46.4 Å². The van der Waals surface area contributed by atoms with Crippen LogP contribution in [-0.2, 0) is 5.41 Å². The normalized spacial score (nSPS) is 20.8. The summed E-state index contributed by atoms with van der Waals surface area (Å²) in [6.07, 6.45) is 10.6. The number of nitrogens with zero attached hydrogens (tertiary/aromatic N) is 5. The Morgan fingerprint density at radius 1 is 0.466 bits per heavy atom. The van der Waals surface area contributed by atoms with Crippen molar-refractivity contribution in [2.24, 2.45) is 23.7 Å². The quantitative estimate of drug-likeness (QED) is 0.144. The van der Waals surface area contributed by atoms with Crippen molar-refractivity contribution in [1.82, 2.24) is 14.5 Å². The molecule has 0 unspecified atom stereocenters. The van der Waals surface area contributed by atoms with Gasteiger partial charge in [-0.05, 0) is 143 Å². The van der Waals surface area contributed by atoms with E-state index in [1.54, 1.807) is 0 Å². The smallest absolute Gasteiger partial charge is 0.158 e. The van der Waals surface area contributed by atoms with Crippen LogP contribution >= 0.6 is 0 Å². The van der Waals surface area contributed by atoms with Gasteiger partial charge in [-0.1, -0.05) is 146 Å². The van der Waals surface area contributed by atoms with Gasteiger partial charge in [-0.2, -0.15) is 0 Å². The second-order valence-corrected chi connectivity index (χ2v) is 21.0. The van der Waals surface area contributed by atoms with Crippen LogP contribution in [0.25, 0.3) is 60.6 Å². The summed E-state index contributed by atoms with van der Waals surface area (Å²) in [5.41, 5.74) is 12.9. The highest BCUT2D eigenvalue weighted by Gasteiger charge is 2.59. The van der Waals surface area contributed by atoms with Crippen LogP contribution in [0.15, 0.2) is 225 Å². The minimum Gasteiger partial charge on any atom is -0.457 e. The lowest BCUT2D eigenvalue weighted by molar-refractivity contribution is -0.0412. The van der Waals surface area contributed by atoms with Crippen molar-refractivity contribution in [1.29, 1.82) is 0 Å². The molecule has 4 heterocycles. The molecule has 0 atom stereocenters. The second kappa shape index (κ2) is 16.8. The van der Waals surface area contributed by atoms with Crippen molar-refractivity contribution in [3.8, 4) is 39.6 Å².